The lowest BCUT2D eigenvalue weighted by molar-refractivity contribution is 0.0938. The number of aryl methyl sites for hydroxylation is 1. The number of benzene rings is 1. The van der Waals surface area contributed by atoms with Crippen molar-refractivity contribution in [2.75, 3.05) is 12.8 Å². The number of rotatable bonds is 6. The Morgan fingerprint density at radius 1 is 1.32 bits per heavy atom. The second kappa shape index (κ2) is 8.57. The molecule has 2 aromatic rings. The van der Waals surface area contributed by atoms with Crippen LogP contribution in [-0.4, -0.2) is 53.9 Å². The number of aromatic nitrogens is 2. The molecule has 3 rings (SSSR count). The van der Waals surface area contributed by atoms with Gasteiger partial charge in [-0.2, -0.15) is 8.42 Å². The van der Waals surface area contributed by atoms with Crippen molar-refractivity contribution < 1.29 is 22.1 Å². The second-order valence-electron chi connectivity index (χ2n) is 6.71. The van der Waals surface area contributed by atoms with E-state index in [1.165, 1.54) is 4.90 Å². The van der Waals surface area contributed by atoms with Gasteiger partial charge in [0, 0.05) is 13.5 Å². The Balaban J connectivity index is 1.71. The number of nitrogens with zero attached hydrogens (tertiary/aromatic N) is 3. The quantitative estimate of drug-likeness (QED) is 0.685. The minimum absolute atomic E-state index is 0.140. The number of hydrogen-bond acceptors (Lipinski definition) is 6. The monoisotopic (exact) mass is 405 g/mol. The molecule has 0 aliphatic carbocycles. The van der Waals surface area contributed by atoms with Gasteiger partial charge in [0.1, 0.15) is 6.61 Å². The fourth-order valence-corrected chi connectivity index (χ4v) is 3.71. The van der Waals surface area contributed by atoms with Crippen molar-refractivity contribution in [2.24, 2.45) is 7.05 Å². The van der Waals surface area contributed by atoms with Crippen molar-refractivity contribution >= 4 is 22.3 Å². The van der Waals surface area contributed by atoms with Gasteiger partial charge in [-0.25, -0.2) is 9.78 Å². The molecule has 1 aromatic carbocycles. The van der Waals surface area contributed by atoms with Crippen LogP contribution in [0.5, 0.6) is 0 Å². The number of hydrogen-bond donors (Lipinski definition) is 0. The molecule has 0 unspecified atom stereocenters. The van der Waals surface area contributed by atoms with Crippen molar-refractivity contribution in [3.05, 3.63) is 60.2 Å². The molecule has 1 amide bonds. The zero-order valence-electron chi connectivity index (χ0n) is 15.8. The average Bonchev–Trinajstić information content (AvgIpc) is 3.23. The molecule has 1 fully saturated rings. The van der Waals surface area contributed by atoms with Crippen LogP contribution in [0.1, 0.15) is 17.7 Å². The molecule has 1 aromatic heterocycles. The smallest absolute Gasteiger partial charge is 0.410 e. The summed E-state index contributed by atoms with van der Waals surface area (Å²) in [4.78, 5) is 18.2. The predicted octanol–water partition coefficient (Wildman–Crippen LogP) is 2.19. The molecule has 1 aliphatic rings. The Bertz CT molecular complexity index is 939. The number of carbonyl (C=O) groups is 1. The van der Waals surface area contributed by atoms with Crippen LogP contribution in [0.4, 0.5) is 4.79 Å². The summed E-state index contributed by atoms with van der Waals surface area (Å²) in [7, 11) is -1.75. The predicted molar refractivity (Wildman–Crippen MR) is 104 cm³/mol. The normalized spacial score (nSPS) is 20.0. The molecule has 0 bridgehead atoms. The molecule has 150 valence electrons. The maximum atomic E-state index is 12.6. The third kappa shape index (κ3) is 5.43. The number of imidazole rings is 1. The summed E-state index contributed by atoms with van der Waals surface area (Å²) in [5.74, 6) is 0. The van der Waals surface area contributed by atoms with Crippen molar-refractivity contribution in [3.63, 3.8) is 0 Å². The van der Waals surface area contributed by atoms with Crippen LogP contribution in [0.2, 0.25) is 0 Å². The van der Waals surface area contributed by atoms with Crippen LogP contribution in [0.25, 0.3) is 6.08 Å². The minimum atomic E-state index is -3.62. The van der Waals surface area contributed by atoms with Crippen LogP contribution < -0.4 is 0 Å². The molecule has 0 saturated carbocycles. The van der Waals surface area contributed by atoms with Gasteiger partial charge in [0.25, 0.3) is 10.1 Å². The Hall–Kier alpha value is -2.65. The van der Waals surface area contributed by atoms with E-state index < -0.39 is 22.3 Å². The largest absolute Gasteiger partial charge is 0.445 e. The minimum Gasteiger partial charge on any atom is -0.445 e. The number of amides is 1. The Kier molecular flexibility index (Phi) is 6.15. The average molecular weight is 405 g/mol. The molecule has 2 atom stereocenters. The molecule has 1 aliphatic heterocycles. The van der Waals surface area contributed by atoms with Crippen molar-refractivity contribution in [3.8, 4) is 0 Å². The van der Waals surface area contributed by atoms with E-state index >= 15 is 0 Å². The third-order valence-electron chi connectivity index (χ3n) is 4.40. The van der Waals surface area contributed by atoms with Crippen LogP contribution in [0.15, 0.2) is 48.9 Å². The van der Waals surface area contributed by atoms with Gasteiger partial charge < -0.3 is 9.30 Å². The first-order valence-electron chi connectivity index (χ1n) is 8.82. The molecule has 28 heavy (non-hydrogen) atoms. The zero-order chi connectivity index (χ0) is 20.1. The first-order valence-corrected chi connectivity index (χ1v) is 10.6. The molecule has 8 nitrogen and oxygen atoms in total. The Labute approximate surface area is 164 Å². The summed E-state index contributed by atoms with van der Waals surface area (Å²) >= 11 is 0. The standard InChI is InChI=1S/C19H23N3O5S/c1-21-14-20-11-17(21)9-8-16-10-18(27-28(2,24)25)12-22(16)19(23)26-13-15-6-4-3-5-7-15/h3-9,11,14,16,18H,10,12-13H2,1-2H3/b9-8+/t16-,18-/m1/s1. The van der Waals surface area contributed by atoms with Crippen molar-refractivity contribution in [1.82, 2.24) is 14.5 Å². The van der Waals surface area contributed by atoms with E-state index in [9.17, 15) is 13.2 Å². The first-order chi connectivity index (χ1) is 13.3. The molecule has 9 heteroatoms. The van der Waals surface area contributed by atoms with E-state index in [2.05, 4.69) is 4.98 Å². The van der Waals surface area contributed by atoms with Crippen molar-refractivity contribution in [1.29, 1.82) is 0 Å². The van der Waals surface area contributed by atoms with Gasteiger partial charge in [-0.3, -0.25) is 9.08 Å². The fourth-order valence-electron chi connectivity index (χ4n) is 3.08. The van der Waals surface area contributed by atoms with Gasteiger partial charge in [0.15, 0.2) is 0 Å². The van der Waals surface area contributed by atoms with Gasteiger partial charge in [-0.1, -0.05) is 36.4 Å². The lowest BCUT2D eigenvalue weighted by Gasteiger charge is -2.21. The summed E-state index contributed by atoms with van der Waals surface area (Å²) in [5, 5.41) is 0. The summed E-state index contributed by atoms with van der Waals surface area (Å²) in [6, 6.07) is 9.02. The van der Waals surface area contributed by atoms with Crippen molar-refractivity contribution in [2.45, 2.75) is 25.2 Å². The highest BCUT2D eigenvalue weighted by molar-refractivity contribution is 7.86. The highest BCUT2D eigenvalue weighted by Crippen LogP contribution is 2.24. The number of ether oxygens (including phenoxy) is 1. The highest BCUT2D eigenvalue weighted by atomic mass is 32.2. The number of likely N-dealkylation sites (tertiary alicyclic amines) is 1. The molecular formula is C19H23N3O5S. The summed E-state index contributed by atoms with van der Waals surface area (Å²) in [6.45, 7) is 0.285. The van der Waals surface area contributed by atoms with Gasteiger partial charge in [0.05, 0.1) is 43.2 Å². The van der Waals surface area contributed by atoms with Gasteiger partial charge in [0.2, 0.25) is 0 Å². The molecule has 2 heterocycles. The van der Waals surface area contributed by atoms with Gasteiger partial charge in [-0.05, 0) is 11.6 Å². The highest BCUT2D eigenvalue weighted by Gasteiger charge is 2.37. The van der Waals surface area contributed by atoms with E-state index in [4.69, 9.17) is 8.92 Å². The molecular weight excluding hydrogens is 382 g/mol. The lowest BCUT2D eigenvalue weighted by atomic mass is 10.2. The van der Waals surface area contributed by atoms with E-state index in [0.29, 0.717) is 6.42 Å². The first kappa shape index (κ1) is 20.1. The Morgan fingerprint density at radius 2 is 2.07 bits per heavy atom. The molecule has 1 saturated heterocycles. The maximum absolute atomic E-state index is 12.6. The number of carbonyl (C=O) groups excluding carboxylic acids is 1. The van der Waals surface area contributed by atoms with E-state index in [1.807, 2.05) is 54.1 Å². The van der Waals surface area contributed by atoms with Gasteiger partial charge in [-0.15, -0.1) is 0 Å². The van der Waals surface area contributed by atoms with E-state index in [-0.39, 0.29) is 19.2 Å². The van der Waals surface area contributed by atoms with E-state index in [0.717, 1.165) is 17.5 Å². The zero-order valence-corrected chi connectivity index (χ0v) is 16.6. The maximum Gasteiger partial charge on any atom is 0.410 e. The summed E-state index contributed by atoms with van der Waals surface area (Å²) in [5.41, 5.74) is 1.74. The summed E-state index contributed by atoms with van der Waals surface area (Å²) in [6.07, 6.45) is 7.31. The van der Waals surface area contributed by atoms with Crippen LogP contribution in [-0.2, 0) is 32.7 Å². The topological polar surface area (TPSA) is 90.7 Å². The fraction of sp³-hybridized carbons (Fsp3) is 0.368. The van der Waals surface area contributed by atoms with Crippen LogP contribution in [0, 0.1) is 0 Å². The van der Waals surface area contributed by atoms with Crippen LogP contribution >= 0.6 is 0 Å². The van der Waals surface area contributed by atoms with Crippen LogP contribution in [0.3, 0.4) is 0 Å². The molecule has 0 radical (unpaired) electrons. The SMILES string of the molecule is Cn1cncc1/C=C/[C@@H]1C[C@@H](OS(C)(=O)=O)CN1C(=O)OCc1ccccc1. The second-order valence-corrected chi connectivity index (χ2v) is 8.31. The van der Waals surface area contributed by atoms with E-state index in [1.54, 1.807) is 12.5 Å². The third-order valence-corrected chi connectivity index (χ3v) is 5.02. The summed E-state index contributed by atoms with van der Waals surface area (Å²) < 4.78 is 35.3. The lowest BCUT2D eigenvalue weighted by Crippen LogP contribution is -2.35. The Morgan fingerprint density at radius 3 is 2.71 bits per heavy atom. The molecule has 0 spiro atoms. The molecule has 0 N–H and O–H groups in total. The van der Waals surface area contributed by atoms with Gasteiger partial charge >= 0.3 is 6.09 Å².